The van der Waals surface area contributed by atoms with Gasteiger partial charge in [0.05, 0.1) is 0 Å². The van der Waals surface area contributed by atoms with E-state index in [1.807, 2.05) is 0 Å². The maximum atomic E-state index is 12.4. The van der Waals surface area contributed by atoms with Crippen molar-refractivity contribution in [1.82, 2.24) is 0 Å². The van der Waals surface area contributed by atoms with Crippen LogP contribution in [-0.4, -0.2) is 31.6 Å². The van der Waals surface area contributed by atoms with Gasteiger partial charge < -0.3 is 19.7 Å². The molecule has 3 rings (SSSR count). The standard InChI is InChI=1S/C18H16Cl2N2O4/c1-11(23)22(15-2-3-16-17(9-15)26-5-4-25-16)10-18(24)21-14-7-12(19)6-13(20)8-14/h2-3,6-9H,4-5,10H2,1H3,(H,21,24). The highest BCUT2D eigenvalue weighted by Crippen LogP contribution is 2.34. The summed E-state index contributed by atoms with van der Waals surface area (Å²) >= 11 is 11.9. The fourth-order valence-corrected chi connectivity index (χ4v) is 3.08. The molecule has 6 nitrogen and oxygen atoms in total. The second kappa shape index (κ2) is 7.85. The van der Waals surface area contributed by atoms with E-state index < -0.39 is 0 Å². The van der Waals surface area contributed by atoms with E-state index in [9.17, 15) is 9.59 Å². The zero-order chi connectivity index (χ0) is 18.7. The number of nitrogens with zero attached hydrogens (tertiary/aromatic N) is 1. The van der Waals surface area contributed by atoms with Crippen molar-refractivity contribution in [3.05, 3.63) is 46.4 Å². The van der Waals surface area contributed by atoms with Crippen molar-refractivity contribution < 1.29 is 19.1 Å². The molecule has 2 aromatic rings. The van der Waals surface area contributed by atoms with Crippen LogP contribution in [0, 0.1) is 0 Å². The maximum absolute atomic E-state index is 12.4. The Balaban J connectivity index is 1.76. The summed E-state index contributed by atoms with van der Waals surface area (Å²) in [4.78, 5) is 25.8. The first-order valence-electron chi connectivity index (χ1n) is 7.86. The first kappa shape index (κ1) is 18.4. The normalized spacial score (nSPS) is 12.4. The number of fused-ring (bicyclic) bond motifs is 1. The molecule has 0 unspecified atom stereocenters. The van der Waals surface area contributed by atoms with E-state index in [0.717, 1.165) is 0 Å². The summed E-state index contributed by atoms with van der Waals surface area (Å²) in [6, 6.07) is 9.82. The first-order valence-corrected chi connectivity index (χ1v) is 8.61. The van der Waals surface area contributed by atoms with Gasteiger partial charge in [0.1, 0.15) is 19.8 Å². The van der Waals surface area contributed by atoms with Crippen LogP contribution in [0.15, 0.2) is 36.4 Å². The number of halogens is 2. The highest BCUT2D eigenvalue weighted by Gasteiger charge is 2.19. The smallest absolute Gasteiger partial charge is 0.244 e. The average Bonchev–Trinajstić information content (AvgIpc) is 2.58. The van der Waals surface area contributed by atoms with Gasteiger partial charge in [0.25, 0.3) is 0 Å². The van der Waals surface area contributed by atoms with Crippen molar-refractivity contribution in [2.45, 2.75) is 6.92 Å². The minimum atomic E-state index is -0.381. The van der Waals surface area contributed by atoms with Gasteiger partial charge in [0, 0.05) is 34.4 Å². The highest BCUT2D eigenvalue weighted by atomic mass is 35.5. The summed E-state index contributed by atoms with van der Waals surface area (Å²) in [6.45, 7) is 2.14. The fraction of sp³-hybridized carbons (Fsp3) is 0.222. The summed E-state index contributed by atoms with van der Waals surface area (Å²) in [5.41, 5.74) is 0.999. The quantitative estimate of drug-likeness (QED) is 0.856. The van der Waals surface area contributed by atoms with Crippen LogP contribution in [0.3, 0.4) is 0 Å². The number of anilines is 2. The second-order valence-corrected chi connectivity index (χ2v) is 6.51. The van der Waals surface area contributed by atoms with Crippen molar-refractivity contribution >= 4 is 46.4 Å². The van der Waals surface area contributed by atoms with Gasteiger partial charge in [-0.1, -0.05) is 23.2 Å². The van der Waals surface area contributed by atoms with Gasteiger partial charge in [-0.25, -0.2) is 0 Å². The van der Waals surface area contributed by atoms with Crippen molar-refractivity contribution in [3.63, 3.8) is 0 Å². The molecule has 0 fully saturated rings. The summed E-state index contributed by atoms with van der Waals surface area (Å²) in [5.74, 6) is 0.498. The van der Waals surface area contributed by atoms with Gasteiger partial charge in [-0.15, -0.1) is 0 Å². The van der Waals surface area contributed by atoms with E-state index in [1.165, 1.54) is 11.8 Å². The minimum absolute atomic E-state index is 0.168. The van der Waals surface area contributed by atoms with Gasteiger partial charge in [-0.3, -0.25) is 9.59 Å². The summed E-state index contributed by atoms with van der Waals surface area (Å²) in [7, 11) is 0. The third kappa shape index (κ3) is 4.39. The number of nitrogens with one attached hydrogen (secondary N) is 1. The van der Waals surface area contributed by atoms with E-state index in [4.69, 9.17) is 32.7 Å². The third-order valence-electron chi connectivity index (χ3n) is 3.67. The third-order valence-corrected chi connectivity index (χ3v) is 4.10. The molecule has 2 amide bonds. The van der Waals surface area contributed by atoms with Crippen molar-refractivity contribution in [2.24, 2.45) is 0 Å². The molecule has 1 heterocycles. The molecule has 26 heavy (non-hydrogen) atoms. The topological polar surface area (TPSA) is 67.9 Å². The molecule has 1 N–H and O–H groups in total. The van der Waals surface area contributed by atoms with Crippen LogP contribution < -0.4 is 19.7 Å². The molecule has 1 aliphatic rings. The van der Waals surface area contributed by atoms with E-state index >= 15 is 0 Å². The predicted octanol–water partition coefficient (Wildman–Crippen LogP) is 3.76. The Kier molecular flexibility index (Phi) is 5.54. The molecule has 1 aliphatic heterocycles. The Labute approximate surface area is 160 Å². The zero-order valence-corrected chi connectivity index (χ0v) is 15.4. The molecule has 0 bridgehead atoms. The molecule has 136 valence electrons. The lowest BCUT2D eigenvalue weighted by Crippen LogP contribution is -2.36. The van der Waals surface area contributed by atoms with Crippen LogP contribution >= 0.6 is 23.2 Å². The van der Waals surface area contributed by atoms with Gasteiger partial charge in [0.2, 0.25) is 11.8 Å². The summed E-state index contributed by atoms with van der Waals surface area (Å²) in [5, 5.41) is 3.49. The molecular formula is C18H16Cl2N2O4. The van der Waals surface area contributed by atoms with Gasteiger partial charge in [0.15, 0.2) is 11.5 Å². The Morgan fingerprint density at radius 2 is 1.69 bits per heavy atom. The fourth-order valence-electron chi connectivity index (χ4n) is 2.55. The SMILES string of the molecule is CC(=O)N(CC(=O)Nc1cc(Cl)cc(Cl)c1)c1ccc2c(c1)OCCO2. The van der Waals surface area contributed by atoms with E-state index in [1.54, 1.807) is 36.4 Å². The van der Waals surface area contributed by atoms with Crippen molar-refractivity contribution in [3.8, 4) is 11.5 Å². The number of carbonyl (C=O) groups is 2. The number of hydrogen-bond acceptors (Lipinski definition) is 4. The Bertz CT molecular complexity index is 837. The maximum Gasteiger partial charge on any atom is 0.244 e. The van der Waals surface area contributed by atoms with Gasteiger partial charge >= 0.3 is 0 Å². The number of hydrogen-bond donors (Lipinski definition) is 1. The molecular weight excluding hydrogens is 379 g/mol. The minimum Gasteiger partial charge on any atom is -0.486 e. The molecule has 0 aromatic heterocycles. The van der Waals surface area contributed by atoms with Crippen LogP contribution in [0.1, 0.15) is 6.92 Å². The molecule has 0 atom stereocenters. The van der Waals surface area contributed by atoms with E-state index in [-0.39, 0.29) is 18.4 Å². The summed E-state index contributed by atoms with van der Waals surface area (Å²) in [6.07, 6.45) is 0. The van der Waals surface area contributed by atoms with Crippen LogP contribution in [0.25, 0.3) is 0 Å². The summed E-state index contributed by atoms with van der Waals surface area (Å²) < 4.78 is 11.0. The Morgan fingerprint density at radius 3 is 2.35 bits per heavy atom. The Morgan fingerprint density at radius 1 is 1.04 bits per heavy atom. The Hall–Kier alpha value is -2.44. The molecule has 0 radical (unpaired) electrons. The van der Waals surface area contributed by atoms with Crippen LogP contribution in [0.5, 0.6) is 11.5 Å². The van der Waals surface area contributed by atoms with Crippen molar-refractivity contribution in [1.29, 1.82) is 0 Å². The highest BCUT2D eigenvalue weighted by molar-refractivity contribution is 6.35. The van der Waals surface area contributed by atoms with Crippen molar-refractivity contribution in [2.75, 3.05) is 30.0 Å². The lowest BCUT2D eigenvalue weighted by molar-refractivity contribution is -0.120. The number of rotatable bonds is 4. The van der Waals surface area contributed by atoms with Crippen LogP contribution in [-0.2, 0) is 9.59 Å². The molecule has 8 heteroatoms. The van der Waals surface area contributed by atoms with Crippen LogP contribution in [0.4, 0.5) is 11.4 Å². The predicted molar refractivity (Wildman–Crippen MR) is 101 cm³/mol. The molecule has 0 spiro atoms. The van der Waals surface area contributed by atoms with E-state index in [2.05, 4.69) is 5.32 Å². The lowest BCUT2D eigenvalue weighted by atomic mass is 10.2. The molecule has 0 saturated heterocycles. The number of amides is 2. The van der Waals surface area contributed by atoms with Gasteiger partial charge in [-0.2, -0.15) is 0 Å². The monoisotopic (exact) mass is 394 g/mol. The van der Waals surface area contributed by atoms with E-state index in [0.29, 0.717) is 46.1 Å². The largest absolute Gasteiger partial charge is 0.486 e. The number of carbonyl (C=O) groups excluding carboxylic acids is 2. The lowest BCUT2D eigenvalue weighted by Gasteiger charge is -2.24. The zero-order valence-electron chi connectivity index (χ0n) is 13.9. The first-order chi connectivity index (χ1) is 12.4. The number of benzene rings is 2. The van der Waals surface area contributed by atoms with Gasteiger partial charge in [-0.05, 0) is 30.3 Å². The molecule has 0 saturated carbocycles. The number of ether oxygens (including phenoxy) is 2. The van der Waals surface area contributed by atoms with Crippen LogP contribution in [0.2, 0.25) is 10.0 Å². The average molecular weight is 395 g/mol. The second-order valence-electron chi connectivity index (χ2n) is 5.64. The molecule has 0 aliphatic carbocycles. The molecule has 2 aromatic carbocycles.